The Kier molecular flexibility index (Phi) is 4.06. The number of aliphatic hydroxyl groups is 2. The third kappa shape index (κ3) is 2.62. The summed E-state index contributed by atoms with van der Waals surface area (Å²) >= 11 is 0. The van der Waals surface area contributed by atoms with Crippen LogP contribution in [0.25, 0.3) is 0 Å². The first-order valence-corrected chi connectivity index (χ1v) is 5.85. The lowest BCUT2D eigenvalue weighted by molar-refractivity contribution is 0.310. The Labute approximate surface area is 100 Å². The normalized spacial score (nSPS) is 13.1. The van der Waals surface area contributed by atoms with Crippen molar-refractivity contribution in [3.8, 4) is 5.75 Å². The van der Waals surface area contributed by atoms with Gasteiger partial charge in [-0.15, -0.1) is 0 Å². The van der Waals surface area contributed by atoms with Crippen molar-refractivity contribution in [2.45, 2.75) is 6.42 Å². The van der Waals surface area contributed by atoms with Gasteiger partial charge in [-0.1, -0.05) is 0 Å². The van der Waals surface area contributed by atoms with Crippen LogP contribution in [-0.2, 0) is 6.42 Å². The zero-order chi connectivity index (χ0) is 12.1. The van der Waals surface area contributed by atoms with Gasteiger partial charge >= 0.3 is 0 Å². The number of hydrogen-bond donors (Lipinski definition) is 4. The fraction of sp³-hybridized carbons (Fsp3) is 0.500. The number of nitrogens with one attached hydrogen (secondary N) is 2. The van der Waals surface area contributed by atoms with Gasteiger partial charge in [-0.05, 0) is 12.1 Å². The van der Waals surface area contributed by atoms with Crippen LogP contribution in [0.5, 0.6) is 5.75 Å². The van der Waals surface area contributed by atoms with Gasteiger partial charge in [0.25, 0.3) is 0 Å². The second-order valence-corrected chi connectivity index (χ2v) is 3.87. The van der Waals surface area contributed by atoms with E-state index in [1.165, 1.54) is 0 Å². The summed E-state index contributed by atoms with van der Waals surface area (Å²) in [7, 11) is 0. The number of fused-ring (bicyclic) bond motifs is 1. The number of aliphatic hydroxyl groups excluding tert-OH is 2. The Morgan fingerprint density at radius 3 is 2.41 bits per heavy atom. The minimum Gasteiger partial charge on any atom is -0.491 e. The monoisotopic (exact) mass is 238 g/mol. The fourth-order valence-electron chi connectivity index (χ4n) is 1.98. The SMILES string of the molecule is OCCNc1ccc(NCCO)c2c1CCO2. The molecule has 17 heavy (non-hydrogen) atoms. The van der Waals surface area contributed by atoms with Gasteiger partial charge in [-0.3, -0.25) is 0 Å². The van der Waals surface area contributed by atoms with Crippen LogP contribution in [0, 0.1) is 0 Å². The van der Waals surface area contributed by atoms with E-state index in [9.17, 15) is 0 Å². The molecule has 0 radical (unpaired) electrons. The number of ether oxygens (including phenoxy) is 1. The van der Waals surface area contributed by atoms with Crippen LogP contribution in [0.3, 0.4) is 0 Å². The van der Waals surface area contributed by atoms with E-state index >= 15 is 0 Å². The molecule has 0 aromatic heterocycles. The number of rotatable bonds is 6. The summed E-state index contributed by atoms with van der Waals surface area (Å²) in [4.78, 5) is 0. The predicted molar refractivity (Wildman–Crippen MR) is 66.8 cm³/mol. The van der Waals surface area contributed by atoms with Gasteiger partial charge in [-0.2, -0.15) is 0 Å². The van der Waals surface area contributed by atoms with E-state index in [4.69, 9.17) is 14.9 Å². The quantitative estimate of drug-likeness (QED) is 0.578. The van der Waals surface area contributed by atoms with Gasteiger partial charge in [0.1, 0.15) is 5.75 Å². The molecule has 0 saturated carbocycles. The molecule has 1 aromatic rings. The van der Waals surface area contributed by atoms with Crippen molar-refractivity contribution in [2.75, 3.05) is 43.5 Å². The highest BCUT2D eigenvalue weighted by molar-refractivity contribution is 5.71. The summed E-state index contributed by atoms with van der Waals surface area (Å²) in [6, 6.07) is 3.91. The van der Waals surface area contributed by atoms with Gasteiger partial charge in [-0.25, -0.2) is 0 Å². The lowest BCUT2D eigenvalue weighted by Gasteiger charge is -2.13. The first kappa shape index (κ1) is 12.0. The highest BCUT2D eigenvalue weighted by Gasteiger charge is 2.19. The lowest BCUT2D eigenvalue weighted by atomic mass is 10.1. The molecule has 0 atom stereocenters. The standard InChI is InChI=1S/C12H18N2O3/c15-6-4-13-10-1-2-11(14-5-7-16)12-9(10)3-8-17-12/h1-2,13-16H,3-8H2. The van der Waals surface area contributed by atoms with Crippen LogP contribution >= 0.6 is 0 Å². The van der Waals surface area contributed by atoms with Gasteiger partial charge in [0.15, 0.2) is 0 Å². The zero-order valence-electron chi connectivity index (χ0n) is 9.70. The molecule has 1 heterocycles. The van der Waals surface area contributed by atoms with E-state index in [-0.39, 0.29) is 13.2 Å². The molecular formula is C12H18N2O3. The van der Waals surface area contributed by atoms with Gasteiger partial charge in [0.2, 0.25) is 0 Å². The largest absolute Gasteiger partial charge is 0.491 e. The van der Waals surface area contributed by atoms with Crippen molar-refractivity contribution < 1.29 is 14.9 Å². The zero-order valence-corrected chi connectivity index (χ0v) is 9.70. The smallest absolute Gasteiger partial charge is 0.147 e. The summed E-state index contributed by atoms with van der Waals surface area (Å²) in [6.45, 7) is 1.94. The Morgan fingerprint density at radius 2 is 1.71 bits per heavy atom. The highest BCUT2D eigenvalue weighted by Crippen LogP contribution is 2.38. The molecule has 5 nitrogen and oxygen atoms in total. The van der Waals surface area contributed by atoms with Crippen molar-refractivity contribution in [1.82, 2.24) is 0 Å². The molecule has 1 aliphatic heterocycles. The molecule has 1 aliphatic rings. The minimum absolute atomic E-state index is 0.0965. The summed E-state index contributed by atoms with van der Waals surface area (Å²) in [5.41, 5.74) is 3.07. The summed E-state index contributed by atoms with van der Waals surface area (Å²) in [5, 5.41) is 23.9. The van der Waals surface area contributed by atoms with Crippen LogP contribution in [-0.4, -0.2) is 43.1 Å². The molecule has 5 heteroatoms. The third-order valence-electron chi connectivity index (χ3n) is 2.71. The van der Waals surface area contributed by atoms with Crippen LogP contribution in [0.1, 0.15) is 5.56 Å². The molecule has 0 saturated heterocycles. The topological polar surface area (TPSA) is 73.8 Å². The molecular weight excluding hydrogens is 220 g/mol. The Hall–Kier alpha value is -1.46. The average Bonchev–Trinajstić information content (AvgIpc) is 2.83. The van der Waals surface area contributed by atoms with E-state index in [0.29, 0.717) is 19.7 Å². The number of hydrogen-bond acceptors (Lipinski definition) is 5. The second-order valence-electron chi connectivity index (χ2n) is 3.87. The molecule has 0 aliphatic carbocycles. The molecule has 1 aromatic carbocycles. The van der Waals surface area contributed by atoms with Crippen LogP contribution in [0.15, 0.2) is 12.1 Å². The van der Waals surface area contributed by atoms with Crippen LogP contribution < -0.4 is 15.4 Å². The highest BCUT2D eigenvalue weighted by atomic mass is 16.5. The molecule has 2 rings (SSSR count). The van der Waals surface area contributed by atoms with Crippen molar-refractivity contribution >= 4 is 11.4 Å². The Bertz CT molecular complexity index is 347. The van der Waals surface area contributed by atoms with Crippen LogP contribution in [0.4, 0.5) is 11.4 Å². The Balaban J connectivity index is 2.19. The first-order chi connectivity index (χ1) is 8.36. The summed E-state index contributed by atoms with van der Waals surface area (Å²) in [6.07, 6.45) is 0.873. The molecule has 0 unspecified atom stereocenters. The molecule has 0 fully saturated rings. The predicted octanol–water partition coefficient (Wildman–Crippen LogP) is 0.430. The summed E-state index contributed by atoms with van der Waals surface area (Å²) in [5.74, 6) is 0.862. The number of benzene rings is 1. The Morgan fingerprint density at radius 1 is 1.06 bits per heavy atom. The van der Waals surface area contributed by atoms with Crippen molar-refractivity contribution in [2.24, 2.45) is 0 Å². The number of anilines is 2. The molecule has 0 spiro atoms. The van der Waals surface area contributed by atoms with Crippen molar-refractivity contribution in [1.29, 1.82) is 0 Å². The van der Waals surface area contributed by atoms with E-state index in [0.717, 1.165) is 29.1 Å². The maximum atomic E-state index is 8.81. The van der Waals surface area contributed by atoms with E-state index in [1.807, 2.05) is 12.1 Å². The minimum atomic E-state index is 0.0965. The average molecular weight is 238 g/mol. The van der Waals surface area contributed by atoms with E-state index in [2.05, 4.69) is 10.6 Å². The molecule has 0 amide bonds. The maximum Gasteiger partial charge on any atom is 0.147 e. The van der Waals surface area contributed by atoms with Gasteiger partial charge in [0.05, 0.1) is 25.5 Å². The molecule has 94 valence electrons. The fourth-order valence-corrected chi connectivity index (χ4v) is 1.98. The van der Waals surface area contributed by atoms with Crippen molar-refractivity contribution in [3.05, 3.63) is 17.7 Å². The van der Waals surface area contributed by atoms with Gasteiger partial charge in [0, 0.05) is 30.8 Å². The molecule has 0 bridgehead atoms. The van der Waals surface area contributed by atoms with Crippen molar-refractivity contribution in [3.63, 3.8) is 0 Å². The van der Waals surface area contributed by atoms with E-state index in [1.54, 1.807) is 0 Å². The third-order valence-corrected chi connectivity index (χ3v) is 2.71. The van der Waals surface area contributed by atoms with E-state index < -0.39 is 0 Å². The molecule has 4 N–H and O–H groups in total. The second kappa shape index (κ2) is 5.75. The lowest BCUT2D eigenvalue weighted by Crippen LogP contribution is -2.09. The summed E-state index contributed by atoms with van der Waals surface area (Å²) < 4.78 is 5.60. The maximum absolute atomic E-state index is 8.81. The first-order valence-electron chi connectivity index (χ1n) is 5.85. The van der Waals surface area contributed by atoms with Gasteiger partial charge < -0.3 is 25.6 Å². The van der Waals surface area contributed by atoms with Crippen LogP contribution in [0.2, 0.25) is 0 Å².